The molecule has 5 heteroatoms. The third kappa shape index (κ3) is 4.76. The molecule has 1 N–H and O–H groups in total. The van der Waals surface area contributed by atoms with E-state index < -0.39 is 19.7 Å². The van der Waals surface area contributed by atoms with E-state index in [1.54, 1.807) is 0 Å². The highest BCUT2D eigenvalue weighted by molar-refractivity contribution is 6.74. The first-order valence-corrected chi connectivity index (χ1v) is 10.8. The molecule has 0 aliphatic carbocycles. The molecule has 0 aromatic carbocycles. The molecular formula is C16H34O4Si. The van der Waals surface area contributed by atoms with E-state index in [1.807, 2.05) is 27.7 Å². The largest absolute Gasteiger partial charge is 0.417 e. The van der Waals surface area contributed by atoms with Crippen molar-refractivity contribution in [2.75, 3.05) is 6.61 Å². The minimum absolute atomic E-state index is 0.122. The van der Waals surface area contributed by atoms with Gasteiger partial charge in [-0.3, -0.25) is 0 Å². The number of ether oxygens (including phenoxy) is 2. The van der Waals surface area contributed by atoms with Gasteiger partial charge in [0.05, 0.1) is 11.7 Å². The van der Waals surface area contributed by atoms with E-state index >= 15 is 0 Å². The van der Waals surface area contributed by atoms with Crippen molar-refractivity contribution in [2.24, 2.45) is 0 Å². The summed E-state index contributed by atoms with van der Waals surface area (Å²) in [6.45, 7) is 19.2. The summed E-state index contributed by atoms with van der Waals surface area (Å²) in [6, 6.07) is 0. The fraction of sp³-hybridized carbons (Fsp3) is 1.00. The first-order chi connectivity index (χ1) is 9.18. The molecule has 1 fully saturated rings. The smallest absolute Gasteiger partial charge is 0.191 e. The normalized spacial score (nSPS) is 29.4. The number of rotatable bonds is 5. The second kappa shape index (κ2) is 5.93. The third-order valence-electron chi connectivity index (χ3n) is 4.80. The molecule has 1 rings (SSSR count). The molecule has 0 aromatic heterocycles. The van der Waals surface area contributed by atoms with E-state index in [2.05, 4.69) is 33.9 Å². The Morgan fingerprint density at radius 2 is 1.67 bits per heavy atom. The Hall–Kier alpha value is 0.0569. The maximum absolute atomic E-state index is 10.7. The molecule has 0 unspecified atom stereocenters. The van der Waals surface area contributed by atoms with Crippen LogP contribution in [0.2, 0.25) is 18.1 Å². The maximum atomic E-state index is 10.7. The quantitative estimate of drug-likeness (QED) is 0.785. The van der Waals surface area contributed by atoms with Crippen molar-refractivity contribution in [3.05, 3.63) is 0 Å². The summed E-state index contributed by atoms with van der Waals surface area (Å²) in [4.78, 5) is 0. The molecule has 3 atom stereocenters. The Morgan fingerprint density at radius 3 is 2.05 bits per heavy atom. The van der Waals surface area contributed by atoms with Crippen molar-refractivity contribution in [3.8, 4) is 0 Å². The molecule has 0 aromatic rings. The average Bonchev–Trinajstić information content (AvgIpc) is 2.50. The number of hydrogen-bond acceptors (Lipinski definition) is 4. The fourth-order valence-electron chi connectivity index (χ4n) is 2.44. The van der Waals surface area contributed by atoms with E-state index in [1.165, 1.54) is 0 Å². The summed E-state index contributed by atoms with van der Waals surface area (Å²) >= 11 is 0. The Balaban J connectivity index is 2.58. The highest BCUT2D eigenvalue weighted by atomic mass is 28.4. The Bertz CT molecular complexity index is 358. The SMILES string of the molecule is C[C@@H]1OC(C)(C)O[C@H]1[C@](C)(O)CCO[Si](C)(C)C(C)(C)C. The monoisotopic (exact) mass is 318 g/mol. The van der Waals surface area contributed by atoms with Crippen LogP contribution in [0.15, 0.2) is 0 Å². The molecule has 1 aliphatic heterocycles. The topological polar surface area (TPSA) is 47.9 Å². The van der Waals surface area contributed by atoms with Crippen molar-refractivity contribution in [2.45, 2.75) is 96.6 Å². The van der Waals surface area contributed by atoms with E-state index in [-0.39, 0.29) is 17.2 Å². The fourth-order valence-corrected chi connectivity index (χ4v) is 3.49. The van der Waals surface area contributed by atoms with Crippen LogP contribution in [0.4, 0.5) is 0 Å². The van der Waals surface area contributed by atoms with Crippen LogP contribution in [-0.2, 0) is 13.9 Å². The molecule has 126 valence electrons. The van der Waals surface area contributed by atoms with Crippen molar-refractivity contribution >= 4 is 8.32 Å². The van der Waals surface area contributed by atoms with Gasteiger partial charge in [-0.2, -0.15) is 0 Å². The molecule has 1 saturated heterocycles. The Morgan fingerprint density at radius 1 is 1.14 bits per heavy atom. The summed E-state index contributed by atoms with van der Waals surface area (Å²) in [5, 5.41) is 10.9. The minimum atomic E-state index is -1.77. The van der Waals surface area contributed by atoms with Gasteiger partial charge in [-0.25, -0.2) is 0 Å². The molecule has 1 aliphatic rings. The van der Waals surface area contributed by atoms with Gasteiger partial charge < -0.3 is 19.0 Å². The highest BCUT2D eigenvalue weighted by Crippen LogP contribution is 2.38. The van der Waals surface area contributed by atoms with Gasteiger partial charge in [-0.15, -0.1) is 0 Å². The Labute approximate surface area is 131 Å². The lowest BCUT2D eigenvalue weighted by molar-refractivity contribution is -0.169. The lowest BCUT2D eigenvalue weighted by Crippen LogP contribution is -2.47. The zero-order chi connectivity index (χ0) is 16.7. The van der Waals surface area contributed by atoms with E-state index in [0.717, 1.165) is 0 Å². The minimum Gasteiger partial charge on any atom is -0.417 e. The van der Waals surface area contributed by atoms with Crippen LogP contribution in [0, 0.1) is 0 Å². The lowest BCUT2D eigenvalue weighted by atomic mass is 9.92. The van der Waals surface area contributed by atoms with Gasteiger partial charge in [0, 0.05) is 13.0 Å². The van der Waals surface area contributed by atoms with Crippen LogP contribution in [0.5, 0.6) is 0 Å². The van der Waals surface area contributed by atoms with Crippen molar-refractivity contribution < 1.29 is 19.0 Å². The zero-order valence-electron chi connectivity index (χ0n) is 15.2. The van der Waals surface area contributed by atoms with Gasteiger partial charge in [0.2, 0.25) is 0 Å². The van der Waals surface area contributed by atoms with Crippen LogP contribution in [0.3, 0.4) is 0 Å². The molecule has 0 radical (unpaired) electrons. The summed E-state index contributed by atoms with van der Waals surface area (Å²) in [6.07, 6.45) is 0.104. The van der Waals surface area contributed by atoms with E-state index in [9.17, 15) is 5.11 Å². The third-order valence-corrected chi connectivity index (χ3v) is 9.34. The molecule has 0 spiro atoms. The standard InChI is InChI=1S/C16H34O4Si/c1-12-13(20-15(5,6)19-12)16(7,17)10-11-18-21(8,9)14(2,3)4/h12-13,17H,10-11H2,1-9H3/t12-,13+,16+/m0/s1. The first kappa shape index (κ1) is 19.1. The second-order valence-electron chi connectivity index (χ2n) is 8.48. The van der Waals surface area contributed by atoms with Crippen LogP contribution in [-0.4, -0.2) is 43.6 Å². The second-order valence-corrected chi connectivity index (χ2v) is 13.3. The molecule has 1 heterocycles. The number of aliphatic hydroxyl groups is 1. The van der Waals surface area contributed by atoms with Gasteiger partial charge >= 0.3 is 0 Å². The first-order valence-electron chi connectivity index (χ1n) is 7.90. The lowest BCUT2D eigenvalue weighted by Gasteiger charge is -2.38. The van der Waals surface area contributed by atoms with E-state index in [4.69, 9.17) is 13.9 Å². The average molecular weight is 319 g/mol. The summed E-state index contributed by atoms with van der Waals surface area (Å²) in [5.41, 5.74) is -0.949. The van der Waals surface area contributed by atoms with Gasteiger partial charge in [0.1, 0.15) is 6.10 Å². The molecule has 0 saturated carbocycles. The predicted molar refractivity (Wildman–Crippen MR) is 87.9 cm³/mol. The number of hydrogen-bond donors (Lipinski definition) is 1. The van der Waals surface area contributed by atoms with Gasteiger partial charge in [0.15, 0.2) is 14.1 Å². The zero-order valence-corrected chi connectivity index (χ0v) is 16.2. The van der Waals surface area contributed by atoms with Crippen LogP contribution >= 0.6 is 0 Å². The molecule has 0 bridgehead atoms. The van der Waals surface area contributed by atoms with Crippen molar-refractivity contribution in [1.29, 1.82) is 0 Å². The van der Waals surface area contributed by atoms with Crippen molar-refractivity contribution in [1.82, 2.24) is 0 Å². The maximum Gasteiger partial charge on any atom is 0.191 e. The summed E-state index contributed by atoms with van der Waals surface area (Å²) < 4.78 is 17.8. The molecular weight excluding hydrogens is 284 g/mol. The van der Waals surface area contributed by atoms with Crippen LogP contribution < -0.4 is 0 Å². The van der Waals surface area contributed by atoms with Gasteiger partial charge in [-0.1, -0.05) is 20.8 Å². The summed E-state index contributed by atoms with van der Waals surface area (Å²) in [7, 11) is -1.77. The molecule has 21 heavy (non-hydrogen) atoms. The highest BCUT2D eigenvalue weighted by Gasteiger charge is 2.48. The molecule has 4 nitrogen and oxygen atoms in total. The molecule has 0 amide bonds. The van der Waals surface area contributed by atoms with Crippen LogP contribution in [0.1, 0.15) is 54.9 Å². The van der Waals surface area contributed by atoms with Crippen molar-refractivity contribution in [3.63, 3.8) is 0 Å². The van der Waals surface area contributed by atoms with Crippen LogP contribution in [0.25, 0.3) is 0 Å². The summed E-state index contributed by atoms with van der Waals surface area (Å²) in [5.74, 6) is -0.631. The Kier molecular flexibility index (Phi) is 5.39. The predicted octanol–water partition coefficient (Wildman–Crippen LogP) is 3.69. The van der Waals surface area contributed by atoms with Gasteiger partial charge in [-0.05, 0) is 45.8 Å². The van der Waals surface area contributed by atoms with E-state index in [0.29, 0.717) is 13.0 Å². The van der Waals surface area contributed by atoms with Gasteiger partial charge in [0.25, 0.3) is 0 Å².